The van der Waals surface area contributed by atoms with Gasteiger partial charge in [0, 0.05) is 43.2 Å². The molecule has 35 heavy (non-hydrogen) atoms. The van der Waals surface area contributed by atoms with Crippen LogP contribution in [0.15, 0.2) is 41.6 Å². The van der Waals surface area contributed by atoms with Crippen LogP contribution < -0.4 is 4.90 Å². The number of rotatable bonds is 9. The SMILES string of the molecule is Cc1cc(C(=O)CSc2nnc(N3CCOCC3)n2Cc2ccccc2)c(C)n1C[C@@H]1CCCO1. The molecule has 0 saturated carbocycles. The Morgan fingerprint density at radius 2 is 1.89 bits per heavy atom. The number of carbonyl (C=O) groups excluding carboxylic acids is 1. The lowest BCUT2D eigenvalue weighted by Crippen LogP contribution is -2.38. The van der Waals surface area contributed by atoms with Crippen LogP contribution in [-0.2, 0) is 22.6 Å². The first-order valence-electron chi connectivity index (χ1n) is 12.3. The zero-order valence-electron chi connectivity index (χ0n) is 20.5. The Morgan fingerprint density at radius 3 is 2.63 bits per heavy atom. The van der Waals surface area contributed by atoms with Gasteiger partial charge in [-0.25, -0.2) is 0 Å². The van der Waals surface area contributed by atoms with Gasteiger partial charge in [0.05, 0.1) is 31.6 Å². The van der Waals surface area contributed by atoms with E-state index in [9.17, 15) is 4.79 Å². The molecule has 0 amide bonds. The quantitative estimate of drug-likeness (QED) is 0.331. The Hall–Kier alpha value is -2.62. The van der Waals surface area contributed by atoms with E-state index in [1.54, 1.807) is 0 Å². The van der Waals surface area contributed by atoms with Crippen LogP contribution in [0, 0.1) is 13.8 Å². The van der Waals surface area contributed by atoms with Crippen molar-refractivity contribution in [3.8, 4) is 0 Å². The molecule has 4 heterocycles. The summed E-state index contributed by atoms with van der Waals surface area (Å²) >= 11 is 1.46. The van der Waals surface area contributed by atoms with E-state index < -0.39 is 0 Å². The minimum Gasteiger partial charge on any atom is -0.378 e. The minimum atomic E-state index is 0.115. The summed E-state index contributed by atoms with van der Waals surface area (Å²) in [7, 11) is 0. The van der Waals surface area contributed by atoms with E-state index in [1.165, 1.54) is 17.3 Å². The van der Waals surface area contributed by atoms with Gasteiger partial charge in [-0.3, -0.25) is 9.36 Å². The van der Waals surface area contributed by atoms with Gasteiger partial charge in [0.2, 0.25) is 5.95 Å². The highest BCUT2D eigenvalue weighted by atomic mass is 32.2. The van der Waals surface area contributed by atoms with Crippen molar-refractivity contribution in [2.45, 2.75) is 51.0 Å². The highest BCUT2D eigenvalue weighted by Gasteiger charge is 2.24. The molecule has 0 spiro atoms. The van der Waals surface area contributed by atoms with Crippen LogP contribution in [-0.4, -0.2) is 69.9 Å². The number of hydrogen-bond donors (Lipinski definition) is 0. The number of nitrogens with zero attached hydrogens (tertiary/aromatic N) is 5. The standard InChI is InChI=1S/C26H33N5O3S/c1-19-15-23(20(2)30(19)17-22-9-6-12-34-22)24(32)18-35-26-28-27-25(29-10-13-33-14-11-29)31(26)16-21-7-4-3-5-8-21/h3-5,7-8,15,22H,6,9-14,16-18H2,1-2H3/t22-/m0/s1. The molecule has 3 aromatic rings. The molecule has 2 aliphatic rings. The van der Waals surface area contributed by atoms with Crippen molar-refractivity contribution in [2.24, 2.45) is 0 Å². The molecule has 5 rings (SSSR count). The maximum absolute atomic E-state index is 13.3. The fraction of sp³-hybridized carbons (Fsp3) is 0.500. The number of carbonyl (C=O) groups is 1. The number of aromatic nitrogens is 4. The molecule has 0 N–H and O–H groups in total. The maximum Gasteiger partial charge on any atom is 0.228 e. The lowest BCUT2D eigenvalue weighted by atomic mass is 10.2. The number of thioether (sulfide) groups is 1. The summed E-state index contributed by atoms with van der Waals surface area (Å²) in [5.41, 5.74) is 4.08. The van der Waals surface area contributed by atoms with Gasteiger partial charge in [-0.05, 0) is 38.3 Å². The summed E-state index contributed by atoms with van der Waals surface area (Å²) < 4.78 is 15.7. The number of anilines is 1. The summed E-state index contributed by atoms with van der Waals surface area (Å²) in [4.78, 5) is 15.5. The second-order valence-corrected chi connectivity index (χ2v) is 10.1. The van der Waals surface area contributed by atoms with Crippen molar-refractivity contribution >= 4 is 23.5 Å². The van der Waals surface area contributed by atoms with Crippen molar-refractivity contribution < 1.29 is 14.3 Å². The van der Waals surface area contributed by atoms with Gasteiger partial charge in [-0.1, -0.05) is 42.1 Å². The largest absolute Gasteiger partial charge is 0.378 e. The fourth-order valence-corrected chi connectivity index (χ4v) is 5.67. The first kappa shape index (κ1) is 24.1. The average molecular weight is 496 g/mol. The summed E-state index contributed by atoms with van der Waals surface area (Å²) in [6, 6.07) is 12.3. The van der Waals surface area contributed by atoms with Crippen LogP contribution in [0.5, 0.6) is 0 Å². The van der Waals surface area contributed by atoms with Crippen LogP contribution in [0.1, 0.15) is 40.2 Å². The van der Waals surface area contributed by atoms with Gasteiger partial charge in [0.15, 0.2) is 10.9 Å². The fourth-order valence-electron chi connectivity index (χ4n) is 4.85. The summed E-state index contributed by atoms with van der Waals surface area (Å²) in [5, 5.41) is 9.76. The third-order valence-electron chi connectivity index (χ3n) is 6.79. The van der Waals surface area contributed by atoms with Gasteiger partial charge in [-0.15, -0.1) is 10.2 Å². The molecule has 0 radical (unpaired) electrons. The van der Waals surface area contributed by atoms with E-state index in [2.05, 4.69) is 43.3 Å². The lowest BCUT2D eigenvalue weighted by molar-refractivity contribution is 0.0957. The molecule has 0 unspecified atom stereocenters. The molecule has 1 atom stereocenters. The average Bonchev–Trinajstić information content (AvgIpc) is 3.61. The number of Topliss-reactive ketones (excluding diaryl/α,β-unsaturated/α-hetero) is 1. The third kappa shape index (κ3) is 5.47. The Bertz CT molecular complexity index is 1150. The molecular weight excluding hydrogens is 462 g/mol. The summed E-state index contributed by atoms with van der Waals surface area (Å²) in [6.07, 6.45) is 2.44. The van der Waals surface area contributed by atoms with Gasteiger partial charge in [0.25, 0.3) is 0 Å². The number of benzene rings is 1. The Balaban J connectivity index is 1.32. The van der Waals surface area contributed by atoms with Crippen molar-refractivity contribution in [2.75, 3.05) is 43.6 Å². The smallest absolute Gasteiger partial charge is 0.228 e. The molecule has 1 aromatic carbocycles. The van der Waals surface area contributed by atoms with Crippen LogP contribution in [0.3, 0.4) is 0 Å². The topological polar surface area (TPSA) is 74.4 Å². The molecule has 8 nitrogen and oxygen atoms in total. The minimum absolute atomic E-state index is 0.115. The second-order valence-electron chi connectivity index (χ2n) is 9.20. The van der Waals surface area contributed by atoms with E-state index in [-0.39, 0.29) is 11.9 Å². The highest BCUT2D eigenvalue weighted by Crippen LogP contribution is 2.27. The maximum atomic E-state index is 13.3. The van der Waals surface area contributed by atoms with Crippen LogP contribution in [0.2, 0.25) is 0 Å². The number of ether oxygens (including phenoxy) is 2. The monoisotopic (exact) mass is 495 g/mol. The van der Waals surface area contributed by atoms with Crippen molar-refractivity contribution in [3.63, 3.8) is 0 Å². The second kappa shape index (κ2) is 11.0. The van der Waals surface area contributed by atoms with E-state index in [0.717, 1.165) is 67.1 Å². The number of aryl methyl sites for hydroxylation is 1. The van der Waals surface area contributed by atoms with Gasteiger partial charge < -0.3 is 18.9 Å². The predicted octanol–water partition coefficient (Wildman–Crippen LogP) is 3.74. The van der Waals surface area contributed by atoms with Gasteiger partial charge in [-0.2, -0.15) is 0 Å². The molecule has 2 aliphatic heterocycles. The zero-order valence-corrected chi connectivity index (χ0v) is 21.3. The van der Waals surface area contributed by atoms with Crippen molar-refractivity contribution in [3.05, 3.63) is 58.9 Å². The van der Waals surface area contributed by atoms with Gasteiger partial charge in [0.1, 0.15) is 0 Å². The molecule has 0 bridgehead atoms. The van der Waals surface area contributed by atoms with Crippen molar-refractivity contribution in [1.82, 2.24) is 19.3 Å². The number of ketones is 1. The third-order valence-corrected chi connectivity index (χ3v) is 7.76. The van der Waals surface area contributed by atoms with E-state index >= 15 is 0 Å². The Kier molecular flexibility index (Phi) is 7.55. The van der Waals surface area contributed by atoms with E-state index in [1.807, 2.05) is 31.2 Å². The van der Waals surface area contributed by atoms with Gasteiger partial charge >= 0.3 is 0 Å². The molecule has 186 valence electrons. The highest BCUT2D eigenvalue weighted by molar-refractivity contribution is 7.99. The molecular formula is C26H33N5O3S. The molecule has 2 fully saturated rings. The first-order valence-corrected chi connectivity index (χ1v) is 13.3. The predicted molar refractivity (Wildman–Crippen MR) is 137 cm³/mol. The van der Waals surface area contributed by atoms with Crippen LogP contribution in [0.25, 0.3) is 0 Å². The van der Waals surface area contributed by atoms with Crippen LogP contribution >= 0.6 is 11.8 Å². The van der Waals surface area contributed by atoms with E-state index in [4.69, 9.17) is 9.47 Å². The zero-order chi connectivity index (χ0) is 24.2. The lowest BCUT2D eigenvalue weighted by Gasteiger charge is -2.28. The Morgan fingerprint density at radius 1 is 1.09 bits per heavy atom. The number of hydrogen-bond acceptors (Lipinski definition) is 7. The van der Waals surface area contributed by atoms with E-state index in [0.29, 0.717) is 25.5 Å². The first-order chi connectivity index (χ1) is 17.1. The molecule has 9 heteroatoms. The van der Waals surface area contributed by atoms with Crippen LogP contribution in [0.4, 0.5) is 5.95 Å². The Labute approximate surface area is 210 Å². The normalized spacial score (nSPS) is 18.3. The molecule has 0 aliphatic carbocycles. The number of morpholine rings is 1. The molecule has 2 aromatic heterocycles. The molecule has 2 saturated heterocycles. The summed E-state index contributed by atoms with van der Waals surface area (Å²) in [5.74, 6) is 1.27. The summed E-state index contributed by atoms with van der Waals surface area (Å²) in [6.45, 7) is 9.34. The van der Waals surface area contributed by atoms with Crippen molar-refractivity contribution in [1.29, 1.82) is 0 Å².